The molecule has 5 N–H and O–H groups in total. The number of hydrogen-bond donors (Lipinski definition) is 5. The van der Waals surface area contributed by atoms with Crippen molar-refractivity contribution in [3.8, 4) is 0 Å². The van der Waals surface area contributed by atoms with Gasteiger partial charge in [-0.2, -0.15) is 0 Å². The number of hydrogen-bond acceptors (Lipinski definition) is 11. The minimum absolute atomic E-state index is 0.126. The summed E-state index contributed by atoms with van der Waals surface area (Å²) in [5.74, 6) is -1.81. The van der Waals surface area contributed by atoms with E-state index in [1.165, 1.54) is 18.1 Å². The second-order valence-electron chi connectivity index (χ2n) is 12.3. The third kappa shape index (κ3) is 17.4. The van der Waals surface area contributed by atoms with Crippen LogP contribution in [0.3, 0.4) is 0 Å². The van der Waals surface area contributed by atoms with Crippen LogP contribution in [0.15, 0.2) is 47.5 Å². The molecule has 0 saturated carbocycles. The number of aliphatic carboxylic acids is 2. The summed E-state index contributed by atoms with van der Waals surface area (Å²) in [6, 6.07) is 11.5. The Morgan fingerprint density at radius 1 is 0.771 bits per heavy atom. The maximum atomic E-state index is 12.4. The number of carbonyl (C=O) groups is 4. The van der Waals surface area contributed by atoms with Gasteiger partial charge in [0.25, 0.3) is 5.91 Å². The predicted molar refractivity (Wildman–Crippen MR) is 180 cm³/mol. The number of benzene rings is 1. The predicted octanol–water partition coefficient (Wildman–Crippen LogP) is 3.27. The summed E-state index contributed by atoms with van der Waals surface area (Å²) < 4.78 is 23.9. The maximum Gasteiger partial charge on any atom is 0.329 e. The number of carboxylic acids is 2. The summed E-state index contributed by atoms with van der Waals surface area (Å²) in [5.41, 5.74) is 0.596. The monoisotopic (exact) mass is 692 g/mol. The zero-order chi connectivity index (χ0) is 35.4. The first kappa shape index (κ1) is 40.4. The van der Waals surface area contributed by atoms with Crippen molar-refractivity contribution in [1.82, 2.24) is 15.6 Å². The van der Waals surface area contributed by atoms with Gasteiger partial charge in [-0.25, -0.2) is 9.78 Å². The minimum Gasteiger partial charge on any atom is -0.481 e. The number of carboxylic acid groups (broad SMARTS) is 2. The van der Waals surface area contributed by atoms with Crippen molar-refractivity contribution >= 4 is 41.5 Å². The highest BCUT2D eigenvalue weighted by Gasteiger charge is 2.34. The van der Waals surface area contributed by atoms with Crippen LogP contribution in [0.1, 0.15) is 50.0 Å². The lowest BCUT2D eigenvalue weighted by atomic mass is 9.72. The highest BCUT2D eigenvalue weighted by molar-refractivity contribution is 8.00. The van der Waals surface area contributed by atoms with Gasteiger partial charge in [0.15, 0.2) is 0 Å². The van der Waals surface area contributed by atoms with Gasteiger partial charge in [-0.15, -0.1) is 0 Å². The van der Waals surface area contributed by atoms with E-state index in [2.05, 4.69) is 34.2 Å². The van der Waals surface area contributed by atoms with E-state index < -0.39 is 17.4 Å². The van der Waals surface area contributed by atoms with E-state index in [-0.39, 0.29) is 76.6 Å². The third-order valence-electron chi connectivity index (χ3n) is 6.71. The van der Waals surface area contributed by atoms with Crippen LogP contribution < -0.4 is 15.4 Å². The zero-order valence-corrected chi connectivity index (χ0v) is 28.9. The number of aromatic nitrogens is 1. The van der Waals surface area contributed by atoms with Crippen molar-refractivity contribution in [3.63, 3.8) is 0 Å². The van der Waals surface area contributed by atoms with Crippen LogP contribution in [0.5, 0.6) is 0 Å². The number of anilines is 1. The van der Waals surface area contributed by atoms with E-state index >= 15 is 0 Å². The molecule has 2 rings (SSSR count). The van der Waals surface area contributed by atoms with Crippen molar-refractivity contribution in [3.05, 3.63) is 53.7 Å². The number of nitrogens with one attached hydrogen (secondary N) is 3. The number of pyridine rings is 1. The van der Waals surface area contributed by atoms with Crippen LogP contribution in [0.25, 0.3) is 0 Å². The van der Waals surface area contributed by atoms with Gasteiger partial charge in [-0.1, -0.05) is 26.0 Å². The molecule has 0 aliphatic rings. The molecule has 0 radical (unpaired) electrons. The van der Waals surface area contributed by atoms with Gasteiger partial charge in [0, 0.05) is 24.2 Å². The molecule has 0 atom stereocenters. The van der Waals surface area contributed by atoms with Gasteiger partial charge >= 0.3 is 11.9 Å². The number of ether oxygens (including phenoxy) is 4. The molecule has 14 nitrogen and oxygen atoms in total. The molecule has 0 aliphatic heterocycles. The normalized spacial score (nSPS) is 11.6. The topological polar surface area (TPSA) is 195 Å². The van der Waals surface area contributed by atoms with E-state index in [1.807, 2.05) is 24.3 Å². The first-order valence-corrected chi connectivity index (χ1v) is 16.4. The fourth-order valence-electron chi connectivity index (χ4n) is 4.68. The minimum atomic E-state index is -1.04. The van der Waals surface area contributed by atoms with Crippen molar-refractivity contribution in [2.24, 2.45) is 10.8 Å². The zero-order valence-electron chi connectivity index (χ0n) is 28.0. The Hall–Kier alpha value is -3.76. The lowest BCUT2D eigenvalue weighted by molar-refractivity contribution is -0.148. The molecule has 2 amide bonds. The lowest BCUT2D eigenvalue weighted by Crippen LogP contribution is -2.31. The van der Waals surface area contributed by atoms with Gasteiger partial charge in [0.1, 0.15) is 19.0 Å². The summed E-state index contributed by atoms with van der Waals surface area (Å²) in [7, 11) is 0. The van der Waals surface area contributed by atoms with Crippen LogP contribution in [0.2, 0.25) is 0 Å². The first-order valence-electron chi connectivity index (χ1n) is 15.6. The van der Waals surface area contributed by atoms with Crippen LogP contribution in [0.4, 0.5) is 5.82 Å². The van der Waals surface area contributed by atoms with Gasteiger partial charge in [-0.3, -0.25) is 14.4 Å². The summed E-state index contributed by atoms with van der Waals surface area (Å²) in [4.78, 5) is 51.3. The fourth-order valence-corrected chi connectivity index (χ4v) is 5.29. The molecule has 48 heavy (non-hydrogen) atoms. The van der Waals surface area contributed by atoms with Gasteiger partial charge < -0.3 is 44.5 Å². The second kappa shape index (κ2) is 21.3. The summed E-state index contributed by atoms with van der Waals surface area (Å²) >= 11 is 1.40. The van der Waals surface area contributed by atoms with Gasteiger partial charge in [0.2, 0.25) is 5.91 Å². The molecular weight excluding hydrogens is 644 g/mol. The van der Waals surface area contributed by atoms with Crippen LogP contribution in [0, 0.1) is 10.8 Å². The molecule has 2 aromatic rings. The van der Waals surface area contributed by atoms with Crippen molar-refractivity contribution in [2.45, 2.75) is 45.4 Å². The van der Waals surface area contributed by atoms with Crippen molar-refractivity contribution < 1.29 is 48.3 Å². The molecule has 15 heteroatoms. The standard InChI is InChI=1S/C33H48N4O10S/c1-32(2,23-33(3,4)31(42)43)19-24-5-8-26(9-6-24)48-37-27-10-7-25(20-36-27)30(41)35-12-14-45-15-17-46-21-28(38)34-11-13-44-16-18-47-22-29(39)40/h5-10,20H,11-19,21-23H2,1-4H3,(H,34,38)(H,35,41)(H,36,37)(H,39,40)(H,42,43). The molecule has 0 saturated heterocycles. The molecule has 1 heterocycles. The molecule has 266 valence electrons. The van der Waals surface area contributed by atoms with Crippen LogP contribution >= 0.6 is 11.9 Å². The quantitative estimate of drug-likeness (QED) is 0.0753. The summed E-state index contributed by atoms with van der Waals surface area (Å²) in [6.45, 7) is 9.18. The van der Waals surface area contributed by atoms with Crippen molar-refractivity contribution in [2.75, 3.05) is 70.7 Å². The first-order chi connectivity index (χ1) is 22.8. The molecular formula is C33H48N4O10S. The van der Waals surface area contributed by atoms with E-state index in [0.717, 1.165) is 16.9 Å². The second-order valence-corrected chi connectivity index (χ2v) is 13.2. The van der Waals surface area contributed by atoms with Gasteiger partial charge in [0.05, 0.1) is 50.6 Å². The van der Waals surface area contributed by atoms with Crippen LogP contribution in [-0.2, 0) is 39.8 Å². The Morgan fingerprint density at radius 2 is 1.38 bits per heavy atom. The largest absolute Gasteiger partial charge is 0.481 e. The lowest BCUT2D eigenvalue weighted by Gasteiger charge is -2.32. The van der Waals surface area contributed by atoms with E-state index in [1.54, 1.807) is 26.0 Å². The van der Waals surface area contributed by atoms with E-state index in [4.69, 9.17) is 24.1 Å². The molecule has 1 aromatic carbocycles. The molecule has 0 bridgehead atoms. The highest BCUT2D eigenvalue weighted by Crippen LogP contribution is 2.36. The fraction of sp³-hybridized carbons (Fsp3) is 0.545. The highest BCUT2D eigenvalue weighted by atomic mass is 32.2. The Bertz CT molecular complexity index is 1290. The van der Waals surface area contributed by atoms with Gasteiger partial charge in [-0.05, 0) is 73.9 Å². The average Bonchev–Trinajstić information content (AvgIpc) is 3.02. The van der Waals surface area contributed by atoms with Crippen molar-refractivity contribution in [1.29, 1.82) is 0 Å². The SMILES string of the molecule is CC(C)(Cc1ccc(SNc2ccc(C(=O)NCCOCCOCC(=O)NCCOCCOCC(=O)O)cn2)cc1)CC(C)(C)C(=O)O. The Morgan fingerprint density at radius 3 is 1.96 bits per heavy atom. The molecule has 0 unspecified atom stereocenters. The molecule has 1 aromatic heterocycles. The Balaban J connectivity index is 1.54. The van der Waals surface area contributed by atoms with E-state index in [0.29, 0.717) is 24.3 Å². The Labute approximate surface area is 285 Å². The molecule has 0 aliphatic carbocycles. The molecule has 0 fully saturated rings. The van der Waals surface area contributed by atoms with Crippen LogP contribution in [-0.4, -0.2) is 105 Å². The smallest absolute Gasteiger partial charge is 0.329 e. The summed E-state index contributed by atoms with van der Waals surface area (Å²) in [5, 5.41) is 23.3. The number of nitrogens with zero attached hydrogens (tertiary/aromatic N) is 1. The average molecular weight is 693 g/mol. The number of amides is 2. The molecule has 0 spiro atoms. The Kier molecular flexibility index (Phi) is 17.9. The van der Waals surface area contributed by atoms with E-state index in [9.17, 15) is 24.3 Å². The maximum absolute atomic E-state index is 12.4. The summed E-state index contributed by atoms with van der Waals surface area (Å²) in [6.07, 6.45) is 2.83. The number of carbonyl (C=O) groups excluding carboxylic acids is 2. The number of rotatable bonds is 25. The third-order valence-corrected chi connectivity index (χ3v) is 7.53.